The van der Waals surface area contributed by atoms with Crippen LogP contribution in [0, 0.1) is 5.92 Å². The lowest BCUT2D eigenvalue weighted by molar-refractivity contribution is -0.144. The molecule has 3 N–H and O–H groups in total. The third-order valence-electron chi connectivity index (χ3n) is 3.95. The molecule has 1 heterocycles. The van der Waals surface area contributed by atoms with E-state index in [1.807, 2.05) is 6.92 Å². The molecule has 0 bridgehead atoms. The summed E-state index contributed by atoms with van der Waals surface area (Å²) in [6.07, 6.45) is 3.36. The van der Waals surface area contributed by atoms with Gasteiger partial charge in [-0.2, -0.15) is 0 Å². The van der Waals surface area contributed by atoms with E-state index in [0.717, 1.165) is 43.5 Å². The van der Waals surface area contributed by atoms with Gasteiger partial charge in [-0.05, 0) is 25.3 Å². The number of nitrogens with one attached hydrogen (secondary N) is 2. The van der Waals surface area contributed by atoms with Gasteiger partial charge >= 0.3 is 5.97 Å². The van der Waals surface area contributed by atoms with Gasteiger partial charge < -0.3 is 15.7 Å². The molecule has 0 aromatic rings. The van der Waals surface area contributed by atoms with Gasteiger partial charge in [-0.1, -0.05) is 12.8 Å². The largest absolute Gasteiger partial charge is 0.481 e. The van der Waals surface area contributed by atoms with Crippen molar-refractivity contribution in [2.45, 2.75) is 38.6 Å². The van der Waals surface area contributed by atoms with E-state index >= 15 is 0 Å². The molecule has 2 rings (SSSR count). The molecule has 1 aliphatic heterocycles. The fraction of sp³-hybridized carbons (Fsp3) is 0.692. The molecule has 1 aliphatic carbocycles. The Balaban J connectivity index is 1.98. The molecule has 2 aliphatic rings. The van der Waals surface area contributed by atoms with Crippen LogP contribution in [0.5, 0.6) is 0 Å². The summed E-state index contributed by atoms with van der Waals surface area (Å²) in [7, 11) is 0. The highest BCUT2D eigenvalue weighted by Crippen LogP contribution is 2.25. The van der Waals surface area contributed by atoms with E-state index in [-0.39, 0.29) is 11.9 Å². The molecule has 2 unspecified atom stereocenters. The summed E-state index contributed by atoms with van der Waals surface area (Å²) in [6, 6.07) is -0.215. The fourth-order valence-corrected chi connectivity index (χ4v) is 2.55. The highest BCUT2D eigenvalue weighted by atomic mass is 16.4. The highest BCUT2D eigenvalue weighted by Gasteiger charge is 2.32. The lowest BCUT2D eigenvalue weighted by atomic mass is 9.84. The molecule has 1 saturated heterocycles. The number of aliphatic carboxylic acids is 1. The summed E-state index contributed by atoms with van der Waals surface area (Å²) < 4.78 is 0. The molecular weight excluding hydrogens is 232 g/mol. The van der Waals surface area contributed by atoms with Gasteiger partial charge in [0.05, 0.1) is 5.92 Å². The molecular formula is C13H20N2O3. The van der Waals surface area contributed by atoms with Crippen molar-refractivity contribution in [1.82, 2.24) is 10.6 Å². The zero-order valence-corrected chi connectivity index (χ0v) is 10.7. The Labute approximate surface area is 107 Å². The molecule has 2 atom stereocenters. The Kier molecular flexibility index (Phi) is 4.01. The van der Waals surface area contributed by atoms with Crippen molar-refractivity contribution in [3.8, 4) is 0 Å². The number of carbonyl (C=O) groups excluding carboxylic acids is 1. The van der Waals surface area contributed by atoms with Gasteiger partial charge in [-0.3, -0.25) is 9.59 Å². The molecule has 0 aromatic heterocycles. The van der Waals surface area contributed by atoms with Crippen LogP contribution in [-0.2, 0) is 9.59 Å². The van der Waals surface area contributed by atoms with Crippen LogP contribution in [0.25, 0.3) is 0 Å². The van der Waals surface area contributed by atoms with Crippen molar-refractivity contribution >= 4 is 11.9 Å². The van der Waals surface area contributed by atoms with Crippen molar-refractivity contribution in [2.24, 2.45) is 5.92 Å². The zero-order chi connectivity index (χ0) is 13.1. The van der Waals surface area contributed by atoms with Gasteiger partial charge in [-0.25, -0.2) is 0 Å². The summed E-state index contributed by atoms with van der Waals surface area (Å²) >= 11 is 0. The minimum Gasteiger partial charge on any atom is -0.481 e. The standard InChI is InChI=1S/C13H20N2O3/c1-8(9-6-14-7-9)12(16)15-11-5-3-2-4-10(11)13(17)18/h10-11,14H,2-7H2,1H3,(H,15,16)(H,17,18). The summed E-state index contributed by atoms with van der Waals surface area (Å²) in [5.41, 5.74) is 1.86. The second kappa shape index (κ2) is 5.52. The maximum absolute atomic E-state index is 12.0. The van der Waals surface area contributed by atoms with E-state index in [1.165, 1.54) is 0 Å². The van der Waals surface area contributed by atoms with Crippen molar-refractivity contribution in [3.63, 3.8) is 0 Å². The first-order valence-electron chi connectivity index (χ1n) is 6.52. The molecule has 1 saturated carbocycles. The minimum absolute atomic E-state index is 0.107. The normalized spacial score (nSPS) is 27.3. The van der Waals surface area contributed by atoms with Gasteiger partial charge in [0.15, 0.2) is 0 Å². The van der Waals surface area contributed by atoms with Gasteiger partial charge in [0, 0.05) is 24.7 Å². The van der Waals surface area contributed by atoms with Crippen LogP contribution in [0.2, 0.25) is 0 Å². The predicted molar refractivity (Wildman–Crippen MR) is 67.1 cm³/mol. The highest BCUT2D eigenvalue weighted by molar-refractivity contribution is 5.94. The van der Waals surface area contributed by atoms with Gasteiger partial charge in [0.1, 0.15) is 0 Å². The zero-order valence-electron chi connectivity index (χ0n) is 10.7. The molecule has 0 spiro atoms. The maximum atomic E-state index is 12.0. The van der Waals surface area contributed by atoms with Crippen molar-refractivity contribution < 1.29 is 14.7 Å². The van der Waals surface area contributed by atoms with Gasteiger partial charge in [0.25, 0.3) is 0 Å². The maximum Gasteiger partial charge on any atom is 0.308 e. The molecule has 5 nitrogen and oxygen atoms in total. The Morgan fingerprint density at radius 1 is 1.28 bits per heavy atom. The topological polar surface area (TPSA) is 78.4 Å². The van der Waals surface area contributed by atoms with Crippen molar-refractivity contribution in [2.75, 3.05) is 13.1 Å². The number of rotatable bonds is 3. The van der Waals surface area contributed by atoms with Crippen LogP contribution in [-0.4, -0.2) is 36.1 Å². The van der Waals surface area contributed by atoms with Crippen molar-refractivity contribution in [3.05, 3.63) is 11.1 Å². The van der Waals surface area contributed by atoms with E-state index in [4.69, 9.17) is 5.11 Å². The second-order valence-corrected chi connectivity index (χ2v) is 5.14. The number of amides is 1. The Morgan fingerprint density at radius 2 is 1.94 bits per heavy atom. The second-order valence-electron chi connectivity index (χ2n) is 5.14. The molecule has 100 valence electrons. The first kappa shape index (κ1) is 13.1. The van der Waals surface area contributed by atoms with Crippen LogP contribution in [0.4, 0.5) is 0 Å². The lowest BCUT2D eigenvalue weighted by Crippen LogP contribution is -2.46. The molecule has 2 fully saturated rings. The monoisotopic (exact) mass is 252 g/mol. The lowest BCUT2D eigenvalue weighted by Gasteiger charge is -2.30. The third-order valence-corrected chi connectivity index (χ3v) is 3.95. The van der Waals surface area contributed by atoms with E-state index in [2.05, 4.69) is 10.6 Å². The molecule has 0 radical (unpaired) electrons. The van der Waals surface area contributed by atoms with Crippen molar-refractivity contribution in [1.29, 1.82) is 0 Å². The van der Waals surface area contributed by atoms with Gasteiger partial charge in [-0.15, -0.1) is 0 Å². The molecule has 5 heteroatoms. The van der Waals surface area contributed by atoms with E-state index < -0.39 is 11.9 Å². The van der Waals surface area contributed by atoms with Crippen LogP contribution >= 0.6 is 0 Å². The number of hydrogen-bond donors (Lipinski definition) is 3. The first-order chi connectivity index (χ1) is 8.59. The van der Waals surface area contributed by atoms with Crippen LogP contribution in [0.15, 0.2) is 11.1 Å². The summed E-state index contributed by atoms with van der Waals surface area (Å²) in [5, 5.41) is 15.1. The van der Waals surface area contributed by atoms with E-state index in [0.29, 0.717) is 6.42 Å². The molecule has 18 heavy (non-hydrogen) atoms. The molecule has 0 aromatic carbocycles. The average Bonchev–Trinajstić information content (AvgIpc) is 2.27. The fourth-order valence-electron chi connectivity index (χ4n) is 2.55. The number of carboxylic acids is 1. The summed E-state index contributed by atoms with van der Waals surface area (Å²) in [6.45, 7) is 3.35. The smallest absolute Gasteiger partial charge is 0.308 e. The Morgan fingerprint density at radius 3 is 2.50 bits per heavy atom. The summed E-state index contributed by atoms with van der Waals surface area (Å²) in [5.74, 6) is -1.33. The number of carboxylic acid groups (broad SMARTS) is 1. The van der Waals surface area contributed by atoms with E-state index in [1.54, 1.807) is 0 Å². The van der Waals surface area contributed by atoms with Crippen LogP contribution < -0.4 is 10.6 Å². The average molecular weight is 252 g/mol. The van der Waals surface area contributed by atoms with E-state index in [9.17, 15) is 9.59 Å². The molecule has 1 amide bonds. The summed E-state index contributed by atoms with van der Waals surface area (Å²) in [4.78, 5) is 23.2. The Bertz CT molecular complexity index is 384. The quantitative estimate of drug-likeness (QED) is 0.645. The van der Waals surface area contributed by atoms with Crippen LogP contribution in [0.3, 0.4) is 0 Å². The minimum atomic E-state index is -0.796. The SMILES string of the molecule is CC(C(=O)NC1CCCCC1C(=O)O)=C1CNC1. The number of hydrogen-bond acceptors (Lipinski definition) is 3. The number of carbonyl (C=O) groups is 2. The van der Waals surface area contributed by atoms with Crippen LogP contribution in [0.1, 0.15) is 32.6 Å². The first-order valence-corrected chi connectivity index (χ1v) is 6.52. The van der Waals surface area contributed by atoms with Gasteiger partial charge in [0.2, 0.25) is 5.91 Å². The third kappa shape index (κ3) is 2.72. The predicted octanol–water partition coefficient (Wildman–Crippen LogP) is 0.666. The Hall–Kier alpha value is -1.36.